The number of hydrogen-bond acceptors (Lipinski definition) is 7. The molecule has 0 unspecified atom stereocenters. The molecule has 9 heteroatoms. The van der Waals surface area contributed by atoms with E-state index in [0.717, 1.165) is 4.90 Å². The van der Waals surface area contributed by atoms with Gasteiger partial charge in [-0.1, -0.05) is 0 Å². The summed E-state index contributed by atoms with van der Waals surface area (Å²) < 4.78 is 21.0. The predicted molar refractivity (Wildman–Crippen MR) is 85.4 cm³/mol. The molecule has 1 heterocycles. The van der Waals surface area contributed by atoms with Gasteiger partial charge in [0.25, 0.3) is 11.8 Å². The van der Waals surface area contributed by atoms with Gasteiger partial charge in [0.1, 0.15) is 0 Å². The third-order valence-electron chi connectivity index (χ3n) is 2.74. The molecule has 1 aliphatic rings. The Morgan fingerprint density at radius 1 is 0.739 bits per heavy atom. The molecular formula is C14H25ClN2O6. The van der Waals surface area contributed by atoms with E-state index in [1.54, 1.807) is 0 Å². The molecule has 1 rings (SSSR count). The van der Waals surface area contributed by atoms with Crippen LogP contribution >= 0.6 is 12.4 Å². The van der Waals surface area contributed by atoms with Crippen LogP contribution in [0.3, 0.4) is 0 Å². The second-order valence-electron chi connectivity index (χ2n) is 4.40. The van der Waals surface area contributed by atoms with Gasteiger partial charge in [-0.3, -0.25) is 14.5 Å². The molecule has 0 radical (unpaired) electrons. The van der Waals surface area contributed by atoms with Crippen molar-refractivity contribution in [1.29, 1.82) is 0 Å². The fraction of sp³-hybridized carbons (Fsp3) is 0.714. The van der Waals surface area contributed by atoms with E-state index in [2.05, 4.69) is 0 Å². The minimum atomic E-state index is -0.294. The maximum atomic E-state index is 11.2. The lowest BCUT2D eigenvalue weighted by Crippen LogP contribution is -2.33. The SMILES string of the molecule is Cl.NCCOCCOCCOCCOCCN1C(=O)C=CC1=O. The minimum absolute atomic E-state index is 0. The van der Waals surface area contributed by atoms with E-state index >= 15 is 0 Å². The molecule has 0 aliphatic carbocycles. The van der Waals surface area contributed by atoms with Crippen molar-refractivity contribution in [2.24, 2.45) is 5.73 Å². The second-order valence-corrected chi connectivity index (χ2v) is 4.40. The van der Waals surface area contributed by atoms with Gasteiger partial charge in [-0.05, 0) is 0 Å². The Morgan fingerprint density at radius 2 is 1.13 bits per heavy atom. The lowest BCUT2D eigenvalue weighted by Gasteiger charge is -2.13. The highest BCUT2D eigenvalue weighted by Crippen LogP contribution is 2.02. The molecule has 2 N–H and O–H groups in total. The van der Waals surface area contributed by atoms with Crippen LogP contribution in [0.4, 0.5) is 0 Å². The van der Waals surface area contributed by atoms with Crippen molar-refractivity contribution in [2.75, 3.05) is 65.9 Å². The Hall–Kier alpha value is -1.03. The Labute approximate surface area is 142 Å². The highest BCUT2D eigenvalue weighted by molar-refractivity contribution is 6.12. The zero-order chi connectivity index (χ0) is 16.0. The Balaban J connectivity index is 0.00000484. The zero-order valence-electron chi connectivity index (χ0n) is 13.1. The van der Waals surface area contributed by atoms with Gasteiger partial charge >= 0.3 is 0 Å². The second kappa shape index (κ2) is 14.6. The van der Waals surface area contributed by atoms with Crippen LogP contribution < -0.4 is 5.73 Å². The van der Waals surface area contributed by atoms with Gasteiger partial charge in [0.2, 0.25) is 0 Å². The fourth-order valence-corrected chi connectivity index (χ4v) is 1.65. The summed E-state index contributed by atoms with van der Waals surface area (Å²) in [6.07, 6.45) is 2.51. The topological polar surface area (TPSA) is 100 Å². The summed E-state index contributed by atoms with van der Waals surface area (Å²) in [7, 11) is 0. The molecule has 0 aromatic heterocycles. The zero-order valence-corrected chi connectivity index (χ0v) is 13.9. The van der Waals surface area contributed by atoms with E-state index in [9.17, 15) is 9.59 Å². The lowest BCUT2D eigenvalue weighted by atomic mass is 10.5. The molecule has 0 aromatic carbocycles. The van der Waals surface area contributed by atoms with Gasteiger partial charge in [0.15, 0.2) is 0 Å². The molecule has 1 aliphatic heterocycles. The van der Waals surface area contributed by atoms with Crippen LogP contribution in [-0.2, 0) is 28.5 Å². The number of hydrogen-bond donors (Lipinski definition) is 1. The first-order valence-electron chi connectivity index (χ1n) is 7.30. The van der Waals surface area contributed by atoms with Gasteiger partial charge in [0, 0.05) is 18.7 Å². The van der Waals surface area contributed by atoms with Crippen molar-refractivity contribution in [3.63, 3.8) is 0 Å². The van der Waals surface area contributed by atoms with Gasteiger partial charge in [0.05, 0.1) is 59.4 Å². The molecule has 0 bridgehead atoms. The van der Waals surface area contributed by atoms with Crippen molar-refractivity contribution in [1.82, 2.24) is 4.90 Å². The number of ether oxygens (including phenoxy) is 4. The van der Waals surface area contributed by atoms with E-state index in [0.29, 0.717) is 59.4 Å². The third kappa shape index (κ3) is 10.4. The Kier molecular flexibility index (Phi) is 13.9. The molecule has 2 amide bonds. The highest BCUT2D eigenvalue weighted by Gasteiger charge is 2.22. The Morgan fingerprint density at radius 3 is 1.57 bits per heavy atom. The summed E-state index contributed by atoms with van der Waals surface area (Å²) in [5.74, 6) is -0.588. The van der Waals surface area contributed by atoms with E-state index < -0.39 is 0 Å². The number of nitrogens with two attached hydrogens (primary N) is 1. The monoisotopic (exact) mass is 352 g/mol. The van der Waals surface area contributed by atoms with Crippen LogP contribution in [0.25, 0.3) is 0 Å². The van der Waals surface area contributed by atoms with Crippen LogP contribution in [-0.4, -0.2) is 82.7 Å². The van der Waals surface area contributed by atoms with E-state index in [4.69, 9.17) is 24.7 Å². The average molecular weight is 353 g/mol. The fourth-order valence-electron chi connectivity index (χ4n) is 1.65. The molecule has 0 fully saturated rings. The van der Waals surface area contributed by atoms with Crippen LogP contribution in [0.2, 0.25) is 0 Å². The first-order valence-corrected chi connectivity index (χ1v) is 7.30. The normalized spacial score (nSPS) is 13.7. The van der Waals surface area contributed by atoms with Crippen LogP contribution in [0.15, 0.2) is 12.2 Å². The van der Waals surface area contributed by atoms with Crippen LogP contribution in [0, 0.1) is 0 Å². The van der Waals surface area contributed by atoms with Gasteiger partial charge in [-0.15, -0.1) is 12.4 Å². The summed E-state index contributed by atoms with van der Waals surface area (Å²) in [5.41, 5.74) is 5.27. The standard InChI is InChI=1S/C14H24N2O6.ClH/c15-3-5-19-7-9-21-11-12-22-10-8-20-6-4-16-13(17)1-2-14(16)18;/h1-2H,3-12,15H2;1H. The number of carbonyl (C=O) groups excluding carboxylic acids is 2. The van der Waals surface area contributed by atoms with E-state index in [1.807, 2.05) is 0 Å². The lowest BCUT2D eigenvalue weighted by molar-refractivity contribution is -0.137. The molecule has 0 atom stereocenters. The number of halogens is 1. The summed E-state index contributed by atoms with van der Waals surface area (Å²) in [5, 5.41) is 0. The van der Waals surface area contributed by atoms with E-state index in [1.165, 1.54) is 12.2 Å². The molecule has 8 nitrogen and oxygen atoms in total. The van der Waals surface area contributed by atoms with Crippen molar-refractivity contribution in [2.45, 2.75) is 0 Å². The summed E-state index contributed by atoms with van der Waals surface area (Å²) in [6.45, 7) is 4.49. The molecule has 0 spiro atoms. The van der Waals surface area contributed by atoms with Crippen molar-refractivity contribution in [3.8, 4) is 0 Å². The first-order chi connectivity index (χ1) is 10.8. The summed E-state index contributed by atoms with van der Waals surface area (Å²) in [4.78, 5) is 23.6. The van der Waals surface area contributed by atoms with Crippen molar-refractivity contribution < 1.29 is 28.5 Å². The third-order valence-corrected chi connectivity index (χ3v) is 2.74. The first kappa shape index (κ1) is 22.0. The minimum Gasteiger partial charge on any atom is -0.378 e. The van der Waals surface area contributed by atoms with Crippen molar-refractivity contribution >= 4 is 24.2 Å². The number of nitrogens with zero attached hydrogens (tertiary/aromatic N) is 1. The largest absolute Gasteiger partial charge is 0.378 e. The van der Waals surface area contributed by atoms with Crippen LogP contribution in [0.5, 0.6) is 0 Å². The van der Waals surface area contributed by atoms with Gasteiger partial charge in [-0.2, -0.15) is 0 Å². The predicted octanol–water partition coefficient (Wildman–Crippen LogP) is -0.642. The molecular weight excluding hydrogens is 328 g/mol. The number of carbonyl (C=O) groups is 2. The van der Waals surface area contributed by atoms with E-state index in [-0.39, 0.29) is 30.8 Å². The number of rotatable bonds is 14. The summed E-state index contributed by atoms with van der Waals surface area (Å²) >= 11 is 0. The smallest absolute Gasteiger partial charge is 0.253 e. The molecule has 0 saturated heterocycles. The highest BCUT2D eigenvalue weighted by atomic mass is 35.5. The maximum absolute atomic E-state index is 11.2. The number of amides is 2. The average Bonchev–Trinajstić information content (AvgIpc) is 2.83. The number of imide groups is 1. The van der Waals surface area contributed by atoms with Crippen LogP contribution in [0.1, 0.15) is 0 Å². The Bertz CT molecular complexity index is 349. The maximum Gasteiger partial charge on any atom is 0.253 e. The molecule has 134 valence electrons. The summed E-state index contributed by atoms with van der Waals surface area (Å²) in [6, 6.07) is 0. The quantitative estimate of drug-likeness (QED) is 0.328. The molecule has 0 saturated carbocycles. The molecule has 23 heavy (non-hydrogen) atoms. The van der Waals surface area contributed by atoms with Crippen molar-refractivity contribution in [3.05, 3.63) is 12.2 Å². The van der Waals surface area contributed by atoms with Gasteiger partial charge in [-0.25, -0.2) is 0 Å². The molecule has 0 aromatic rings. The van der Waals surface area contributed by atoms with Gasteiger partial charge < -0.3 is 24.7 Å².